The summed E-state index contributed by atoms with van der Waals surface area (Å²) in [6.45, 7) is 1.69. The first kappa shape index (κ1) is 20.6. The van der Waals surface area contributed by atoms with E-state index < -0.39 is 15.8 Å². The number of carbonyl (C=O) groups is 2. The number of sulfone groups is 1. The molecule has 0 N–H and O–H groups in total. The molecule has 29 heavy (non-hydrogen) atoms. The van der Waals surface area contributed by atoms with Gasteiger partial charge in [-0.05, 0) is 55.5 Å². The third kappa shape index (κ3) is 3.78. The molecule has 1 aliphatic carbocycles. The Bertz CT molecular complexity index is 1090. The molecule has 0 amide bonds. The van der Waals surface area contributed by atoms with E-state index in [1.807, 2.05) is 30.3 Å². The summed E-state index contributed by atoms with van der Waals surface area (Å²) in [6, 6.07) is 11.3. The molecule has 0 radical (unpaired) electrons. The van der Waals surface area contributed by atoms with Crippen molar-refractivity contribution in [2.75, 3.05) is 5.75 Å². The lowest BCUT2D eigenvalue weighted by molar-refractivity contribution is -0.122. The van der Waals surface area contributed by atoms with Gasteiger partial charge in [-0.25, -0.2) is 8.42 Å². The van der Waals surface area contributed by atoms with Gasteiger partial charge in [0.15, 0.2) is 15.6 Å². The number of Topliss-reactive ketones (excluding diaryl/α,β-unsaturated/α-hetero) is 2. The fourth-order valence-corrected chi connectivity index (χ4v) is 7.87. The molecule has 2 aliphatic rings. The molecule has 2 unspecified atom stereocenters. The fourth-order valence-electron chi connectivity index (χ4n) is 4.31. The summed E-state index contributed by atoms with van der Waals surface area (Å²) in [6.07, 6.45) is 2.23. The van der Waals surface area contributed by atoms with Crippen molar-refractivity contribution in [3.8, 4) is 0 Å². The molecule has 1 heterocycles. The van der Waals surface area contributed by atoms with Gasteiger partial charge in [-0.15, -0.1) is 11.8 Å². The number of aryl methyl sites for hydroxylation is 1. The first-order valence-electron chi connectivity index (χ1n) is 9.63. The summed E-state index contributed by atoms with van der Waals surface area (Å²) in [4.78, 5) is 27.5. The molecule has 2 aromatic carbocycles. The molecule has 2 aromatic rings. The summed E-state index contributed by atoms with van der Waals surface area (Å²) in [5.74, 6) is -1.10. The largest absolute Gasteiger partial charge is 0.299 e. The van der Waals surface area contributed by atoms with Gasteiger partial charge in [0, 0.05) is 22.1 Å². The van der Waals surface area contributed by atoms with Crippen molar-refractivity contribution in [2.24, 2.45) is 5.92 Å². The maximum Gasteiger partial charge on any atom is 0.179 e. The Morgan fingerprint density at radius 1 is 1.17 bits per heavy atom. The molecule has 0 aromatic heterocycles. The molecule has 0 saturated heterocycles. The van der Waals surface area contributed by atoms with Crippen LogP contribution in [0.25, 0.3) is 0 Å². The molecule has 7 heteroatoms. The summed E-state index contributed by atoms with van der Waals surface area (Å²) in [5, 5.41) is 0.0398. The Morgan fingerprint density at radius 2 is 1.90 bits per heavy atom. The van der Waals surface area contributed by atoms with E-state index in [-0.39, 0.29) is 38.1 Å². The van der Waals surface area contributed by atoms with Crippen molar-refractivity contribution in [2.45, 2.75) is 47.6 Å². The topological polar surface area (TPSA) is 68.3 Å². The summed E-state index contributed by atoms with van der Waals surface area (Å²) >= 11 is 8.07. The fraction of sp³-hybridized carbons (Fsp3) is 0.364. The number of thioether (sulfide) groups is 1. The van der Waals surface area contributed by atoms with Crippen LogP contribution >= 0.6 is 23.4 Å². The number of hydrogen-bond acceptors (Lipinski definition) is 5. The molecule has 152 valence electrons. The predicted molar refractivity (Wildman–Crippen MR) is 115 cm³/mol. The Kier molecular flexibility index (Phi) is 5.62. The summed E-state index contributed by atoms with van der Waals surface area (Å²) in [7, 11) is -3.36. The van der Waals surface area contributed by atoms with Crippen LogP contribution in [0.4, 0.5) is 0 Å². The molecular formula is C22H21ClO4S2. The molecule has 2 atom stereocenters. The van der Waals surface area contributed by atoms with Crippen LogP contribution in [0.3, 0.4) is 0 Å². The molecule has 1 fully saturated rings. The van der Waals surface area contributed by atoms with E-state index in [1.54, 1.807) is 24.8 Å². The third-order valence-electron chi connectivity index (χ3n) is 5.64. The minimum atomic E-state index is -3.36. The number of carbonyl (C=O) groups excluding carboxylic acids is 2. The second-order valence-electron chi connectivity index (χ2n) is 7.60. The Hall–Kier alpha value is -1.63. The minimum Gasteiger partial charge on any atom is -0.299 e. The normalized spacial score (nSPS) is 23.0. The van der Waals surface area contributed by atoms with Gasteiger partial charge in [0.1, 0.15) is 5.78 Å². The van der Waals surface area contributed by atoms with E-state index in [4.69, 9.17) is 11.6 Å². The van der Waals surface area contributed by atoms with E-state index in [9.17, 15) is 18.0 Å². The highest BCUT2D eigenvalue weighted by Gasteiger charge is 2.40. The van der Waals surface area contributed by atoms with Gasteiger partial charge < -0.3 is 0 Å². The monoisotopic (exact) mass is 448 g/mol. The number of hydrogen-bond donors (Lipinski definition) is 0. The second-order valence-corrected chi connectivity index (χ2v) is 11.3. The molecule has 4 rings (SSSR count). The highest BCUT2D eigenvalue weighted by Crippen LogP contribution is 2.41. The average molecular weight is 449 g/mol. The van der Waals surface area contributed by atoms with Crippen molar-refractivity contribution >= 4 is 44.8 Å². The maximum atomic E-state index is 13.5. The highest BCUT2D eigenvalue weighted by atomic mass is 35.5. The van der Waals surface area contributed by atoms with E-state index >= 15 is 0 Å². The average Bonchev–Trinajstić information content (AvgIpc) is 3.01. The lowest BCUT2D eigenvalue weighted by Gasteiger charge is -2.29. The smallest absolute Gasteiger partial charge is 0.179 e. The number of halogens is 1. The molecule has 0 bridgehead atoms. The van der Waals surface area contributed by atoms with Crippen LogP contribution in [-0.2, 0) is 21.1 Å². The number of ketones is 2. The SMILES string of the molecule is Cc1cc(C(=O)C2C(=O)CCCC2Sc2ccccc2)c(Cl)c2c1S(=O)(=O)CC2. The number of benzene rings is 2. The van der Waals surface area contributed by atoms with E-state index in [0.717, 1.165) is 17.7 Å². The minimum absolute atomic E-state index is 0.00931. The van der Waals surface area contributed by atoms with E-state index in [1.165, 1.54) is 0 Å². The van der Waals surface area contributed by atoms with Crippen LogP contribution in [0.2, 0.25) is 5.02 Å². The van der Waals surface area contributed by atoms with Crippen molar-refractivity contribution in [1.82, 2.24) is 0 Å². The van der Waals surface area contributed by atoms with E-state index in [2.05, 4.69) is 0 Å². The van der Waals surface area contributed by atoms with E-state index in [0.29, 0.717) is 24.0 Å². The number of rotatable bonds is 4. The van der Waals surface area contributed by atoms with Crippen molar-refractivity contribution in [3.63, 3.8) is 0 Å². The molecule has 1 saturated carbocycles. The van der Waals surface area contributed by atoms with Crippen LogP contribution in [0.15, 0.2) is 46.2 Å². The molecule has 0 spiro atoms. The van der Waals surface area contributed by atoms with Crippen molar-refractivity contribution < 1.29 is 18.0 Å². The van der Waals surface area contributed by atoms with Gasteiger partial charge >= 0.3 is 0 Å². The van der Waals surface area contributed by atoms with Gasteiger partial charge in [-0.3, -0.25) is 9.59 Å². The van der Waals surface area contributed by atoms with Gasteiger partial charge in [-0.1, -0.05) is 29.8 Å². The second kappa shape index (κ2) is 7.89. The molecule has 1 aliphatic heterocycles. The van der Waals surface area contributed by atoms with Crippen LogP contribution in [0.5, 0.6) is 0 Å². The van der Waals surface area contributed by atoms with Crippen LogP contribution in [-0.4, -0.2) is 31.0 Å². The standard InChI is InChI=1S/C22H21ClO4S2/c1-13-12-16(20(23)15-10-11-29(26,27)22(13)15)21(25)19-17(24)8-5-9-18(19)28-14-6-3-2-4-7-14/h2-4,6-7,12,18-19H,5,8-11H2,1H3. The van der Waals surface area contributed by atoms with Crippen molar-refractivity contribution in [3.05, 3.63) is 58.1 Å². The quantitative estimate of drug-likeness (QED) is 0.501. The molecule has 4 nitrogen and oxygen atoms in total. The third-order valence-corrected chi connectivity index (χ3v) is 9.35. The Balaban J connectivity index is 1.72. The zero-order chi connectivity index (χ0) is 20.8. The van der Waals surface area contributed by atoms with Gasteiger partial charge in [0.25, 0.3) is 0 Å². The first-order chi connectivity index (χ1) is 13.8. The first-order valence-corrected chi connectivity index (χ1v) is 12.5. The zero-order valence-electron chi connectivity index (χ0n) is 16.0. The number of fused-ring (bicyclic) bond motifs is 1. The lowest BCUT2D eigenvalue weighted by Crippen LogP contribution is -2.37. The summed E-state index contributed by atoms with van der Waals surface area (Å²) < 4.78 is 24.6. The maximum absolute atomic E-state index is 13.5. The van der Waals surface area contributed by atoms with Crippen molar-refractivity contribution in [1.29, 1.82) is 0 Å². The van der Waals surface area contributed by atoms with Gasteiger partial charge in [-0.2, -0.15) is 0 Å². The Labute approximate surface area is 180 Å². The zero-order valence-corrected chi connectivity index (χ0v) is 18.4. The van der Waals surface area contributed by atoms with Crippen LogP contribution < -0.4 is 0 Å². The van der Waals surface area contributed by atoms with Crippen LogP contribution in [0, 0.1) is 12.8 Å². The van der Waals surface area contributed by atoms with Gasteiger partial charge in [0.05, 0.1) is 21.6 Å². The predicted octanol–water partition coefficient (Wildman–Crippen LogP) is 4.69. The Morgan fingerprint density at radius 3 is 2.62 bits per heavy atom. The van der Waals surface area contributed by atoms with Gasteiger partial charge in [0.2, 0.25) is 0 Å². The van der Waals surface area contributed by atoms with Crippen LogP contribution in [0.1, 0.15) is 40.7 Å². The lowest BCUT2D eigenvalue weighted by atomic mass is 9.81. The highest BCUT2D eigenvalue weighted by molar-refractivity contribution is 8.00. The summed E-state index contributed by atoms with van der Waals surface area (Å²) in [5.41, 5.74) is 1.32. The molecular weight excluding hydrogens is 428 g/mol.